The molecule has 1 fully saturated rings. The van der Waals surface area contributed by atoms with Crippen LogP contribution in [0.1, 0.15) is 30.1 Å². The molecule has 2 rings (SSSR count). The minimum atomic E-state index is -0.434. The Balaban J connectivity index is 2.21. The third kappa shape index (κ3) is 2.95. The number of nitrogens with zero attached hydrogens (tertiary/aromatic N) is 2. The van der Waals surface area contributed by atoms with Gasteiger partial charge in [0, 0.05) is 19.6 Å². The first-order valence-corrected chi connectivity index (χ1v) is 6.71. The predicted molar refractivity (Wildman–Crippen MR) is 75.3 cm³/mol. The molecule has 1 aromatic carbocycles. The molecule has 4 heteroatoms. The number of likely N-dealkylation sites (N-methyl/N-ethyl adjacent to an activating group) is 2. The summed E-state index contributed by atoms with van der Waals surface area (Å²) in [6.45, 7) is 3.35. The summed E-state index contributed by atoms with van der Waals surface area (Å²) in [4.78, 5) is 15.9. The van der Waals surface area contributed by atoms with Crippen LogP contribution in [-0.4, -0.2) is 43.9 Å². The van der Waals surface area contributed by atoms with E-state index in [1.165, 1.54) is 19.4 Å². The minimum absolute atomic E-state index is 0.200. The van der Waals surface area contributed by atoms with Crippen molar-refractivity contribution in [3.8, 4) is 0 Å². The molecule has 1 heterocycles. The van der Waals surface area contributed by atoms with Crippen LogP contribution in [0.4, 0.5) is 10.1 Å². The first-order valence-electron chi connectivity index (χ1n) is 6.71. The maximum Gasteiger partial charge on any atom is 0.164 e. The van der Waals surface area contributed by atoms with Gasteiger partial charge in [0.1, 0.15) is 5.82 Å². The van der Waals surface area contributed by atoms with Gasteiger partial charge in [-0.3, -0.25) is 4.79 Å². The molecule has 0 aromatic heterocycles. The average Bonchev–Trinajstić information content (AvgIpc) is 2.74. The monoisotopic (exact) mass is 264 g/mol. The van der Waals surface area contributed by atoms with Crippen molar-refractivity contribution in [2.45, 2.75) is 25.8 Å². The zero-order valence-electron chi connectivity index (χ0n) is 11.8. The summed E-state index contributed by atoms with van der Waals surface area (Å²) in [5.74, 6) is -0.656. The van der Waals surface area contributed by atoms with E-state index in [1.807, 2.05) is 18.0 Å². The Bertz CT molecular complexity index is 475. The van der Waals surface area contributed by atoms with Crippen LogP contribution in [0.2, 0.25) is 0 Å². The summed E-state index contributed by atoms with van der Waals surface area (Å²) in [5, 5.41) is 0. The lowest BCUT2D eigenvalue weighted by Gasteiger charge is -2.28. The van der Waals surface area contributed by atoms with Gasteiger partial charge >= 0.3 is 0 Å². The van der Waals surface area contributed by atoms with Gasteiger partial charge in [0.2, 0.25) is 0 Å². The van der Waals surface area contributed by atoms with Gasteiger partial charge in [0.05, 0.1) is 11.3 Å². The van der Waals surface area contributed by atoms with Gasteiger partial charge in [0.25, 0.3) is 0 Å². The van der Waals surface area contributed by atoms with Crippen molar-refractivity contribution in [1.82, 2.24) is 4.90 Å². The van der Waals surface area contributed by atoms with E-state index < -0.39 is 5.82 Å². The molecule has 0 spiro atoms. The molecule has 0 radical (unpaired) electrons. The van der Waals surface area contributed by atoms with Crippen LogP contribution < -0.4 is 4.90 Å². The molecule has 1 unspecified atom stereocenters. The quantitative estimate of drug-likeness (QED) is 0.781. The Hall–Kier alpha value is -1.42. The number of Topliss-reactive ketones (excluding diaryl/α,β-unsaturated/α-hetero) is 1. The molecule has 3 nitrogen and oxygen atoms in total. The molecule has 104 valence electrons. The molecule has 0 N–H and O–H groups in total. The van der Waals surface area contributed by atoms with Crippen LogP contribution in [0.3, 0.4) is 0 Å². The Morgan fingerprint density at radius 3 is 2.84 bits per heavy atom. The number of halogens is 1. The largest absolute Gasteiger partial charge is 0.372 e. The Kier molecular flexibility index (Phi) is 4.20. The van der Waals surface area contributed by atoms with E-state index in [4.69, 9.17) is 0 Å². The second-order valence-corrected chi connectivity index (χ2v) is 5.35. The normalized spacial score (nSPS) is 19.7. The lowest BCUT2D eigenvalue weighted by Crippen LogP contribution is -2.37. The minimum Gasteiger partial charge on any atom is -0.372 e. The van der Waals surface area contributed by atoms with Crippen molar-refractivity contribution in [3.63, 3.8) is 0 Å². The smallest absolute Gasteiger partial charge is 0.164 e. The maximum atomic E-state index is 13.8. The van der Waals surface area contributed by atoms with Crippen molar-refractivity contribution >= 4 is 11.5 Å². The molecular weight excluding hydrogens is 243 g/mol. The highest BCUT2D eigenvalue weighted by atomic mass is 19.1. The molecule has 0 saturated carbocycles. The zero-order valence-corrected chi connectivity index (χ0v) is 11.8. The molecule has 0 amide bonds. The fourth-order valence-electron chi connectivity index (χ4n) is 2.80. The second-order valence-electron chi connectivity index (χ2n) is 5.35. The number of carbonyl (C=O) groups is 1. The summed E-state index contributed by atoms with van der Waals surface area (Å²) < 4.78 is 13.8. The second kappa shape index (κ2) is 5.70. The van der Waals surface area contributed by atoms with Crippen LogP contribution in [0.25, 0.3) is 0 Å². The third-order valence-corrected chi connectivity index (χ3v) is 3.91. The summed E-state index contributed by atoms with van der Waals surface area (Å²) in [6.07, 6.45) is 2.36. The standard InChI is InChI=1S/C15H21FN2O/c1-11(19)15-13(16)7-4-8-14(15)18(3)10-12-6-5-9-17(12)2/h4,7-8,12H,5-6,9-10H2,1-3H3. The van der Waals surface area contributed by atoms with Crippen LogP contribution in [0.15, 0.2) is 18.2 Å². The SMILES string of the molecule is CC(=O)c1c(F)cccc1N(C)CC1CCCN1C. The number of ketones is 1. The van der Waals surface area contributed by atoms with E-state index in [9.17, 15) is 9.18 Å². The first kappa shape index (κ1) is 14.0. The van der Waals surface area contributed by atoms with Crippen LogP contribution in [0, 0.1) is 5.82 Å². The zero-order chi connectivity index (χ0) is 14.0. The van der Waals surface area contributed by atoms with E-state index >= 15 is 0 Å². The van der Waals surface area contributed by atoms with E-state index in [0.29, 0.717) is 11.7 Å². The van der Waals surface area contributed by atoms with Crippen molar-refractivity contribution in [2.24, 2.45) is 0 Å². The fraction of sp³-hybridized carbons (Fsp3) is 0.533. The molecule has 0 bridgehead atoms. The number of likely N-dealkylation sites (tertiary alicyclic amines) is 1. The Labute approximate surface area is 114 Å². The highest BCUT2D eigenvalue weighted by Gasteiger charge is 2.24. The van der Waals surface area contributed by atoms with Crippen LogP contribution in [0.5, 0.6) is 0 Å². The molecular formula is C15H21FN2O. The van der Waals surface area contributed by atoms with Gasteiger partial charge in [-0.05, 0) is 45.5 Å². The van der Waals surface area contributed by atoms with Gasteiger partial charge in [-0.2, -0.15) is 0 Å². The van der Waals surface area contributed by atoms with Gasteiger partial charge < -0.3 is 9.80 Å². The van der Waals surface area contributed by atoms with Gasteiger partial charge in [0.15, 0.2) is 5.78 Å². The number of carbonyl (C=O) groups excluding carboxylic acids is 1. The van der Waals surface area contributed by atoms with E-state index in [-0.39, 0.29) is 11.3 Å². The summed E-state index contributed by atoms with van der Waals surface area (Å²) >= 11 is 0. The van der Waals surface area contributed by atoms with Gasteiger partial charge in [-0.15, -0.1) is 0 Å². The highest BCUT2D eigenvalue weighted by Crippen LogP contribution is 2.25. The summed E-state index contributed by atoms with van der Waals surface area (Å²) in [6, 6.07) is 5.30. The van der Waals surface area contributed by atoms with Crippen molar-refractivity contribution < 1.29 is 9.18 Å². The predicted octanol–water partition coefficient (Wildman–Crippen LogP) is 2.56. The Morgan fingerprint density at radius 1 is 1.53 bits per heavy atom. The lowest BCUT2D eigenvalue weighted by atomic mass is 10.1. The molecule has 1 saturated heterocycles. The number of benzene rings is 1. The number of hydrogen-bond acceptors (Lipinski definition) is 3. The number of anilines is 1. The molecule has 19 heavy (non-hydrogen) atoms. The maximum absolute atomic E-state index is 13.8. The number of hydrogen-bond donors (Lipinski definition) is 0. The van der Waals surface area contributed by atoms with Crippen LogP contribution >= 0.6 is 0 Å². The van der Waals surface area contributed by atoms with E-state index in [0.717, 1.165) is 19.5 Å². The molecule has 1 aromatic rings. The third-order valence-electron chi connectivity index (χ3n) is 3.91. The molecule has 1 aliphatic rings. The summed E-state index contributed by atoms with van der Waals surface area (Å²) in [7, 11) is 4.04. The topological polar surface area (TPSA) is 23.6 Å². The van der Waals surface area contributed by atoms with Gasteiger partial charge in [-0.25, -0.2) is 4.39 Å². The molecule has 1 atom stereocenters. The van der Waals surface area contributed by atoms with E-state index in [1.54, 1.807) is 6.07 Å². The van der Waals surface area contributed by atoms with E-state index in [2.05, 4.69) is 11.9 Å². The van der Waals surface area contributed by atoms with Crippen molar-refractivity contribution in [2.75, 3.05) is 32.1 Å². The van der Waals surface area contributed by atoms with Crippen molar-refractivity contribution in [1.29, 1.82) is 0 Å². The van der Waals surface area contributed by atoms with Gasteiger partial charge in [-0.1, -0.05) is 6.07 Å². The lowest BCUT2D eigenvalue weighted by molar-refractivity contribution is 0.101. The Morgan fingerprint density at radius 2 is 2.26 bits per heavy atom. The first-order chi connectivity index (χ1) is 9.00. The highest BCUT2D eigenvalue weighted by molar-refractivity contribution is 6.00. The summed E-state index contributed by atoms with van der Waals surface area (Å²) in [5.41, 5.74) is 0.887. The number of rotatable bonds is 4. The molecule has 0 aliphatic carbocycles. The fourth-order valence-corrected chi connectivity index (χ4v) is 2.80. The van der Waals surface area contributed by atoms with Crippen LogP contribution in [-0.2, 0) is 0 Å². The average molecular weight is 264 g/mol. The van der Waals surface area contributed by atoms with Crippen molar-refractivity contribution in [3.05, 3.63) is 29.6 Å². The molecule has 1 aliphatic heterocycles.